The van der Waals surface area contributed by atoms with E-state index in [1.54, 1.807) is 42.5 Å². The predicted molar refractivity (Wildman–Crippen MR) is 92.1 cm³/mol. The molecular weight excluding hydrogens is 332 g/mol. The van der Waals surface area contributed by atoms with Gasteiger partial charge < -0.3 is 10.1 Å². The molecule has 0 aromatic heterocycles. The summed E-state index contributed by atoms with van der Waals surface area (Å²) in [7, 11) is 0. The minimum absolute atomic E-state index is 0.0485. The quantitative estimate of drug-likeness (QED) is 0.360. The average molecular weight is 347 g/mol. The number of hydrogen-bond donors (Lipinski definition) is 1. The summed E-state index contributed by atoms with van der Waals surface area (Å²) in [5, 5.41) is 14.1. The second-order valence-electron chi connectivity index (χ2n) is 4.74. The van der Waals surface area contributed by atoms with Gasteiger partial charge in [0, 0.05) is 17.2 Å². The zero-order chi connectivity index (χ0) is 17.4. The van der Waals surface area contributed by atoms with Crippen molar-refractivity contribution < 1.29 is 14.5 Å². The molecule has 2 aromatic carbocycles. The zero-order valence-corrected chi connectivity index (χ0v) is 13.4. The summed E-state index contributed by atoms with van der Waals surface area (Å²) in [5.41, 5.74) is 0.322. The topological polar surface area (TPSA) is 81.5 Å². The van der Waals surface area contributed by atoms with Gasteiger partial charge in [0.2, 0.25) is 5.91 Å². The molecule has 6 nitrogen and oxygen atoms in total. The second kappa shape index (κ2) is 8.69. The summed E-state index contributed by atoms with van der Waals surface area (Å²) < 4.78 is 5.44. The number of carbonyl (C=O) groups is 1. The molecule has 0 saturated heterocycles. The van der Waals surface area contributed by atoms with Crippen molar-refractivity contribution in [2.24, 2.45) is 0 Å². The van der Waals surface area contributed by atoms with Crippen molar-refractivity contribution in [1.29, 1.82) is 0 Å². The average Bonchev–Trinajstić information content (AvgIpc) is 2.58. The smallest absolute Gasteiger partial charge is 0.276 e. The molecule has 0 fully saturated rings. The van der Waals surface area contributed by atoms with Crippen LogP contribution in [0.1, 0.15) is 5.56 Å². The van der Waals surface area contributed by atoms with Crippen LogP contribution in [0.15, 0.2) is 54.6 Å². The molecule has 0 aliphatic carbocycles. The Hall–Kier alpha value is -2.86. The van der Waals surface area contributed by atoms with Crippen LogP contribution < -0.4 is 10.1 Å². The first-order valence-corrected chi connectivity index (χ1v) is 7.52. The highest BCUT2D eigenvalue weighted by atomic mass is 35.5. The SMILES string of the molecule is O=C(/C=C/c1ccccc1[N+](=O)[O-])NCCOc1ccc(Cl)cc1. The van der Waals surface area contributed by atoms with Gasteiger partial charge in [-0.25, -0.2) is 0 Å². The molecule has 2 aromatic rings. The van der Waals surface area contributed by atoms with Gasteiger partial charge in [-0.2, -0.15) is 0 Å². The van der Waals surface area contributed by atoms with Crippen LogP contribution in [-0.4, -0.2) is 24.0 Å². The highest BCUT2D eigenvalue weighted by Crippen LogP contribution is 2.18. The van der Waals surface area contributed by atoms with Gasteiger partial charge in [-0.1, -0.05) is 23.7 Å². The van der Waals surface area contributed by atoms with E-state index in [-0.39, 0.29) is 11.6 Å². The van der Waals surface area contributed by atoms with Crippen LogP contribution in [0.25, 0.3) is 6.08 Å². The number of halogens is 1. The van der Waals surface area contributed by atoms with E-state index in [9.17, 15) is 14.9 Å². The Balaban J connectivity index is 1.79. The van der Waals surface area contributed by atoms with Crippen LogP contribution in [0.5, 0.6) is 5.75 Å². The normalized spacial score (nSPS) is 10.5. The maximum atomic E-state index is 11.7. The predicted octanol–water partition coefficient (Wildman–Crippen LogP) is 3.46. The molecule has 0 unspecified atom stereocenters. The van der Waals surface area contributed by atoms with E-state index in [4.69, 9.17) is 16.3 Å². The maximum absolute atomic E-state index is 11.7. The number of hydrogen-bond acceptors (Lipinski definition) is 4. The number of para-hydroxylation sites is 1. The number of nitro groups is 1. The van der Waals surface area contributed by atoms with Gasteiger partial charge in [0.15, 0.2) is 0 Å². The second-order valence-corrected chi connectivity index (χ2v) is 5.18. The lowest BCUT2D eigenvalue weighted by Crippen LogP contribution is -2.26. The molecule has 0 aliphatic rings. The largest absolute Gasteiger partial charge is 0.492 e. The van der Waals surface area contributed by atoms with Crippen molar-refractivity contribution in [2.45, 2.75) is 0 Å². The first-order chi connectivity index (χ1) is 11.6. The number of carbonyl (C=O) groups excluding carboxylic acids is 1. The third-order valence-corrected chi connectivity index (χ3v) is 3.28. The van der Waals surface area contributed by atoms with Crippen LogP contribution >= 0.6 is 11.6 Å². The summed E-state index contributed by atoms with van der Waals surface area (Å²) in [6, 6.07) is 13.1. The Bertz CT molecular complexity index is 745. The lowest BCUT2D eigenvalue weighted by molar-refractivity contribution is -0.385. The maximum Gasteiger partial charge on any atom is 0.276 e. The summed E-state index contributed by atoms with van der Waals surface area (Å²) >= 11 is 5.77. The molecule has 124 valence electrons. The van der Waals surface area contributed by atoms with Crippen molar-refractivity contribution >= 4 is 29.3 Å². The fourth-order valence-electron chi connectivity index (χ4n) is 1.89. The monoisotopic (exact) mass is 346 g/mol. The van der Waals surface area contributed by atoms with Crippen LogP contribution in [0.3, 0.4) is 0 Å². The number of benzene rings is 2. The Labute approximate surface area is 143 Å². The molecular formula is C17H15ClN2O4. The minimum Gasteiger partial charge on any atom is -0.492 e. The fourth-order valence-corrected chi connectivity index (χ4v) is 2.02. The zero-order valence-electron chi connectivity index (χ0n) is 12.6. The summed E-state index contributed by atoms with van der Waals surface area (Å²) in [6.45, 7) is 0.607. The third-order valence-electron chi connectivity index (χ3n) is 3.03. The summed E-state index contributed by atoms with van der Waals surface area (Å²) in [6.07, 6.45) is 2.66. The van der Waals surface area contributed by atoms with Crippen molar-refractivity contribution in [2.75, 3.05) is 13.2 Å². The van der Waals surface area contributed by atoms with E-state index < -0.39 is 4.92 Å². The molecule has 1 N–H and O–H groups in total. The van der Waals surface area contributed by atoms with Crippen molar-refractivity contribution in [1.82, 2.24) is 5.32 Å². The molecule has 0 bridgehead atoms. The number of amides is 1. The molecule has 0 saturated carbocycles. The van der Waals surface area contributed by atoms with E-state index in [1.165, 1.54) is 18.2 Å². The van der Waals surface area contributed by atoms with Gasteiger partial charge in [-0.15, -0.1) is 0 Å². The third kappa shape index (κ3) is 5.40. The Kier molecular flexibility index (Phi) is 6.33. The molecule has 24 heavy (non-hydrogen) atoms. The number of rotatable bonds is 7. The molecule has 0 atom stereocenters. The lowest BCUT2D eigenvalue weighted by atomic mass is 10.1. The Morgan fingerprint density at radius 2 is 1.92 bits per heavy atom. The molecule has 0 spiro atoms. The molecule has 2 rings (SSSR count). The van der Waals surface area contributed by atoms with Gasteiger partial charge in [-0.3, -0.25) is 14.9 Å². The van der Waals surface area contributed by atoms with E-state index >= 15 is 0 Å². The highest BCUT2D eigenvalue weighted by molar-refractivity contribution is 6.30. The standard InChI is InChI=1S/C17H15ClN2O4/c18-14-6-8-15(9-7-14)24-12-11-19-17(21)10-5-13-3-1-2-4-16(13)20(22)23/h1-10H,11-12H2,(H,19,21)/b10-5+. The van der Waals surface area contributed by atoms with E-state index in [0.29, 0.717) is 29.5 Å². The van der Waals surface area contributed by atoms with Crippen LogP contribution in [0.2, 0.25) is 5.02 Å². The molecule has 0 heterocycles. The minimum atomic E-state index is -0.489. The van der Waals surface area contributed by atoms with Gasteiger partial charge in [-0.05, 0) is 36.4 Å². The fraction of sp³-hybridized carbons (Fsp3) is 0.118. The van der Waals surface area contributed by atoms with Gasteiger partial charge in [0.1, 0.15) is 12.4 Å². The van der Waals surface area contributed by atoms with Gasteiger partial charge >= 0.3 is 0 Å². The molecule has 7 heteroatoms. The molecule has 1 amide bonds. The lowest BCUT2D eigenvalue weighted by Gasteiger charge is -2.06. The molecule has 0 aliphatic heterocycles. The van der Waals surface area contributed by atoms with Crippen LogP contribution in [-0.2, 0) is 4.79 Å². The Morgan fingerprint density at radius 3 is 2.62 bits per heavy atom. The van der Waals surface area contributed by atoms with Crippen LogP contribution in [0, 0.1) is 10.1 Å². The first kappa shape index (κ1) is 17.5. The highest BCUT2D eigenvalue weighted by Gasteiger charge is 2.09. The number of nitro benzene ring substituents is 1. The van der Waals surface area contributed by atoms with Gasteiger partial charge in [0.05, 0.1) is 17.0 Å². The van der Waals surface area contributed by atoms with Gasteiger partial charge in [0.25, 0.3) is 5.69 Å². The number of ether oxygens (including phenoxy) is 1. The van der Waals surface area contributed by atoms with E-state index in [1.807, 2.05) is 0 Å². The van der Waals surface area contributed by atoms with Crippen molar-refractivity contribution in [3.8, 4) is 5.75 Å². The van der Waals surface area contributed by atoms with E-state index in [0.717, 1.165) is 0 Å². The summed E-state index contributed by atoms with van der Waals surface area (Å²) in [4.78, 5) is 22.1. The first-order valence-electron chi connectivity index (χ1n) is 7.14. The van der Waals surface area contributed by atoms with Crippen LogP contribution in [0.4, 0.5) is 5.69 Å². The molecule has 0 radical (unpaired) electrons. The van der Waals surface area contributed by atoms with E-state index in [2.05, 4.69) is 5.32 Å². The van der Waals surface area contributed by atoms with Crippen molar-refractivity contribution in [3.05, 3.63) is 75.3 Å². The number of nitrogens with one attached hydrogen (secondary N) is 1. The Morgan fingerprint density at radius 1 is 1.21 bits per heavy atom. The van der Waals surface area contributed by atoms with Crippen molar-refractivity contribution in [3.63, 3.8) is 0 Å². The number of nitrogens with zero attached hydrogens (tertiary/aromatic N) is 1. The summed E-state index contributed by atoms with van der Waals surface area (Å²) in [5.74, 6) is 0.303.